The number of halogens is 1. The molecule has 0 bridgehead atoms. The van der Waals surface area contributed by atoms with Gasteiger partial charge in [-0.3, -0.25) is 4.79 Å². The largest absolute Gasteiger partial charge is 0.493 e. The van der Waals surface area contributed by atoms with Gasteiger partial charge in [0.15, 0.2) is 0 Å². The first kappa shape index (κ1) is 13.8. The lowest BCUT2D eigenvalue weighted by Gasteiger charge is -2.10. The maximum Gasteiger partial charge on any atom is 0.223 e. The van der Waals surface area contributed by atoms with E-state index >= 15 is 0 Å². The number of nitrogens with two attached hydrogens (primary N) is 1. The Bertz CT molecular complexity index is 459. The van der Waals surface area contributed by atoms with Crippen molar-refractivity contribution >= 4 is 5.91 Å². The van der Waals surface area contributed by atoms with Crippen LogP contribution in [0, 0.1) is 5.82 Å². The lowest BCUT2D eigenvalue weighted by Crippen LogP contribution is -2.26. The first-order valence-electron chi connectivity index (χ1n) is 6.53. The molecule has 5 heteroatoms. The molecule has 1 aromatic rings. The van der Waals surface area contributed by atoms with Crippen LogP contribution in [0.25, 0.3) is 0 Å². The molecule has 3 N–H and O–H groups in total. The van der Waals surface area contributed by atoms with Gasteiger partial charge >= 0.3 is 0 Å². The van der Waals surface area contributed by atoms with Crippen molar-refractivity contribution in [3.63, 3.8) is 0 Å². The van der Waals surface area contributed by atoms with Crippen molar-refractivity contribution in [3.8, 4) is 5.75 Å². The molecule has 0 heterocycles. The van der Waals surface area contributed by atoms with Crippen LogP contribution in [0.5, 0.6) is 5.75 Å². The van der Waals surface area contributed by atoms with Crippen LogP contribution in [0.4, 0.5) is 4.39 Å². The van der Waals surface area contributed by atoms with Gasteiger partial charge in [-0.05, 0) is 25.8 Å². The van der Waals surface area contributed by atoms with Crippen LogP contribution in [0.3, 0.4) is 0 Å². The second-order valence-corrected chi connectivity index (χ2v) is 4.91. The van der Waals surface area contributed by atoms with Crippen LogP contribution < -0.4 is 15.8 Å². The normalized spacial score (nSPS) is 15.9. The van der Waals surface area contributed by atoms with E-state index in [0.29, 0.717) is 17.4 Å². The standard InChI is InChI=1S/C14H19FN2O2/c1-9(16)12-5-4-11(8-13(12)15)19-7-6-14(18)17-10-2-3-10/h4-5,8-10H,2-3,6-7,16H2,1H3,(H,17,18)/t9-/m1/s1. The highest BCUT2D eigenvalue weighted by molar-refractivity contribution is 5.76. The first-order chi connectivity index (χ1) is 9.06. The number of hydrogen-bond acceptors (Lipinski definition) is 3. The van der Waals surface area contributed by atoms with Crippen LogP contribution >= 0.6 is 0 Å². The van der Waals surface area contributed by atoms with Crippen molar-refractivity contribution < 1.29 is 13.9 Å². The van der Waals surface area contributed by atoms with Gasteiger partial charge in [-0.15, -0.1) is 0 Å². The van der Waals surface area contributed by atoms with Gasteiger partial charge < -0.3 is 15.8 Å². The minimum absolute atomic E-state index is 0.0184. The Kier molecular flexibility index (Phi) is 4.37. The molecular formula is C14H19FN2O2. The quantitative estimate of drug-likeness (QED) is 0.826. The zero-order valence-electron chi connectivity index (χ0n) is 11.0. The number of carbonyl (C=O) groups excluding carboxylic acids is 1. The summed E-state index contributed by atoms with van der Waals surface area (Å²) < 4.78 is 19.0. The highest BCUT2D eigenvalue weighted by Crippen LogP contribution is 2.21. The molecular weight excluding hydrogens is 247 g/mol. The second kappa shape index (κ2) is 6.02. The van der Waals surface area contributed by atoms with Gasteiger partial charge in [0.1, 0.15) is 11.6 Å². The Labute approximate surface area is 112 Å². The minimum Gasteiger partial charge on any atom is -0.493 e. The van der Waals surface area contributed by atoms with Gasteiger partial charge in [-0.25, -0.2) is 4.39 Å². The SMILES string of the molecule is C[C@@H](N)c1ccc(OCCC(=O)NC2CC2)cc1F. The fourth-order valence-corrected chi connectivity index (χ4v) is 1.76. The van der Waals surface area contributed by atoms with Crippen molar-refractivity contribution in [1.29, 1.82) is 0 Å². The van der Waals surface area contributed by atoms with Crippen LogP contribution in [-0.2, 0) is 4.79 Å². The van der Waals surface area contributed by atoms with E-state index < -0.39 is 0 Å². The summed E-state index contributed by atoms with van der Waals surface area (Å²) in [5.74, 6) is 0.0197. The summed E-state index contributed by atoms with van der Waals surface area (Å²) in [7, 11) is 0. The Morgan fingerprint density at radius 2 is 2.32 bits per heavy atom. The third kappa shape index (κ3) is 4.21. The summed E-state index contributed by atoms with van der Waals surface area (Å²) in [5.41, 5.74) is 6.08. The molecule has 0 radical (unpaired) electrons. The van der Waals surface area contributed by atoms with E-state index in [9.17, 15) is 9.18 Å². The summed E-state index contributed by atoms with van der Waals surface area (Å²) in [6, 6.07) is 4.59. The zero-order chi connectivity index (χ0) is 13.8. The molecule has 1 fully saturated rings. The second-order valence-electron chi connectivity index (χ2n) is 4.91. The summed E-state index contributed by atoms with van der Waals surface area (Å²) in [6.07, 6.45) is 2.42. The van der Waals surface area contributed by atoms with Crippen LogP contribution in [0.1, 0.15) is 37.8 Å². The van der Waals surface area contributed by atoms with Crippen LogP contribution in [0.15, 0.2) is 18.2 Å². The van der Waals surface area contributed by atoms with Gasteiger partial charge in [0.05, 0.1) is 13.0 Å². The zero-order valence-corrected chi connectivity index (χ0v) is 11.0. The van der Waals surface area contributed by atoms with E-state index in [2.05, 4.69) is 5.32 Å². The molecule has 0 spiro atoms. The fourth-order valence-electron chi connectivity index (χ4n) is 1.76. The fraction of sp³-hybridized carbons (Fsp3) is 0.500. The van der Waals surface area contributed by atoms with Gasteiger partial charge in [0, 0.05) is 23.7 Å². The van der Waals surface area contributed by atoms with Crippen molar-refractivity contribution in [2.45, 2.75) is 38.3 Å². The lowest BCUT2D eigenvalue weighted by atomic mass is 10.1. The smallest absolute Gasteiger partial charge is 0.223 e. The molecule has 0 aromatic heterocycles. The van der Waals surface area contributed by atoms with E-state index in [1.165, 1.54) is 6.07 Å². The van der Waals surface area contributed by atoms with E-state index in [1.807, 2.05) is 0 Å². The molecule has 4 nitrogen and oxygen atoms in total. The number of carbonyl (C=O) groups is 1. The number of hydrogen-bond donors (Lipinski definition) is 2. The van der Waals surface area contributed by atoms with Crippen molar-refractivity contribution in [1.82, 2.24) is 5.32 Å². The minimum atomic E-state index is -0.380. The summed E-state index contributed by atoms with van der Waals surface area (Å²) in [4.78, 5) is 11.4. The van der Waals surface area contributed by atoms with E-state index in [-0.39, 0.29) is 30.8 Å². The molecule has 1 amide bonds. The molecule has 104 valence electrons. The lowest BCUT2D eigenvalue weighted by molar-refractivity contribution is -0.121. The first-order valence-corrected chi connectivity index (χ1v) is 6.53. The molecule has 0 aliphatic heterocycles. The number of amides is 1. The van der Waals surface area contributed by atoms with E-state index in [0.717, 1.165) is 12.8 Å². The molecule has 19 heavy (non-hydrogen) atoms. The van der Waals surface area contributed by atoms with Gasteiger partial charge in [-0.2, -0.15) is 0 Å². The van der Waals surface area contributed by atoms with E-state index in [1.54, 1.807) is 19.1 Å². The maximum atomic E-state index is 13.6. The average Bonchev–Trinajstić information content (AvgIpc) is 3.12. The number of rotatable bonds is 6. The molecule has 1 aromatic carbocycles. The van der Waals surface area contributed by atoms with Crippen molar-refractivity contribution in [2.24, 2.45) is 5.73 Å². The van der Waals surface area contributed by atoms with Crippen LogP contribution in [-0.4, -0.2) is 18.6 Å². The molecule has 0 saturated heterocycles. The molecule has 2 rings (SSSR count). The highest BCUT2D eigenvalue weighted by atomic mass is 19.1. The van der Waals surface area contributed by atoms with Gasteiger partial charge in [0.2, 0.25) is 5.91 Å². The summed E-state index contributed by atoms with van der Waals surface area (Å²) in [5, 5.41) is 2.87. The predicted molar refractivity (Wildman–Crippen MR) is 70.3 cm³/mol. The summed E-state index contributed by atoms with van der Waals surface area (Å²) >= 11 is 0. The third-order valence-electron chi connectivity index (χ3n) is 3.00. The Hall–Kier alpha value is -1.62. The van der Waals surface area contributed by atoms with Crippen molar-refractivity contribution in [2.75, 3.05) is 6.61 Å². The monoisotopic (exact) mass is 266 g/mol. The topological polar surface area (TPSA) is 64.3 Å². The predicted octanol–water partition coefficient (Wildman–Crippen LogP) is 1.89. The van der Waals surface area contributed by atoms with Gasteiger partial charge in [-0.1, -0.05) is 6.07 Å². The Balaban J connectivity index is 1.79. The molecule has 1 saturated carbocycles. The maximum absolute atomic E-state index is 13.6. The van der Waals surface area contributed by atoms with Gasteiger partial charge in [0.25, 0.3) is 0 Å². The Morgan fingerprint density at radius 3 is 2.89 bits per heavy atom. The number of benzene rings is 1. The molecule has 0 unspecified atom stereocenters. The summed E-state index contributed by atoms with van der Waals surface area (Å²) in [6.45, 7) is 1.97. The molecule has 1 atom stereocenters. The third-order valence-corrected chi connectivity index (χ3v) is 3.00. The van der Waals surface area contributed by atoms with E-state index in [4.69, 9.17) is 10.5 Å². The molecule has 1 aliphatic carbocycles. The average molecular weight is 266 g/mol. The highest BCUT2D eigenvalue weighted by Gasteiger charge is 2.22. The number of ether oxygens (including phenoxy) is 1. The Morgan fingerprint density at radius 1 is 1.58 bits per heavy atom. The number of nitrogens with one attached hydrogen (secondary N) is 1. The molecule has 1 aliphatic rings. The van der Waals surface area contributed by atoms with Crippen LogP contribution in [0.2, 0.25) is 0 Å². The van der Waals surface area contributed by atoms with Crippen molar-refractivity contribution in [3.05, 3.63) is 29.6 Å².